The van der Waals surface area contributed by atoms with Crippen molar-refractivity contribution in [2.24, 2.45) is 0 Å². The van der Waals surface area contributed by atoms with E-state index in [0.29, 0.717) is 6.42 Å². The van der Waals surface area contributed by atoms with Gasteiger partial charge >= 0.3 is 12.0 Å². The van der Waals surface area contributed by atoms with Gasteiger partial charge in [-0.15, -0.1) is 0 Å². The first-order chi connectivity index (χ1) is 9.24. The van der Waals surface area contributed by atoms with Gasteiger partial charge in [-0.2, -0.15) is 0 Å². The predicted octanol–water partition coefficient (Wildman–Crippen LogP) is 1.45. The molecule has 0 bridgehead atoms. The van der Waals surface area contributed by atoms with Crippen molar-refractivity contribution in [3.8, 4) is 0 Å². The number of carbonyl (C=O) groups excluding carboxylic acids is 1. The third-order valence-electron chi connectivity index (χ3n) is 3.14. The van der Waals surface area contributed by atoms with Gasteiger partial charge in [-0.1, -0.05) is 24.3 Å². The summed E-state index contributed by atoms with van der Waals surface area (Å²) in [4.78, 5) is 15.6. The first-order valence-electron chi connectivity index (χ1n) is 5.97. The molecule has 0 radical (unpaired) electrons. The minimum atomic E-state index is -0.618. The second-order valence-corrected chi connectivity index (χ2v) is 4.38. The second kappa shape index (κ2) is 4.74. The predicted molar refractivity (Wildman–Crippen MR) is 67.6 cm³/mol. The Balaban J connectivity index is 1.71. The van der Waals surface area contributed by atoms with Crippen molar-refractivity contribution in [1.29, 1.82) is 0 Å². The Morgan fingerprint density at radius 1 is 1.42 bits per heavy atom. The molecule has 2 atom stereocenters. The van der Waals surface area contributed by atoms with Crippen molar-refractivity contribution in [1.82, 2.24) is 10.3 Å². The highest BCUT2D eigenvalue weighted by atomic mass is 16.4. The number of fused-ring (bicyclic) bond motifs is 1. The quantitative estimate of drug-likeness (QED) is 0.761. The Bertz CT molecular complexity index is 583. The molecule has 19 heavy (non-hydrogen) atoms. The molecule has 1 heterocycles. The summed E-state index contributed by atoms with van der Waals surface area (Å²) in [6, 6.07) is 6.92. The lowest BCUT2D eigenvalue weighted by Crippen LogP contribution is -2.36. The fourth-order valence-electron chi connectivity index (χ4n) is 2.31. The molecule has 2 amide bonds. The highest BCUT2D eigenvalue weighted by Gasteiger charge is 2.31. The molecule has 0 fully saturated rings. The number of urea groups is 1. The molecular weight excluding hydrogens is 246 g/mol. The lowest BCUT2D eigenvalue weighted by Gasteiger charge is -2.17. The van der Waals surface area contributed by atoms with Crippen LogP contribution in [0.15, 0.2) is 41.1 Å². The lowest BCUT2D eigenvalue weighted by atomic mass is 10.1. The van der Waals surface area contributed by atoms with Crippen molar-refractivity contribution < 1.29 is 14.3 Å². The number of hydrogen-bond donors (Lipinski definition) is 3. The molecule has 1 aliphatic carbocycles. The van der Waals surface area contributed by atoms with E-state index in [1.165, 1.54) is 12.5 Å². The van der Waals surface area contributed by atoms with Crippen LogP contribution >= 0.6 is 0 Å². The summed E-state index contributed by atoms with van der Waals surface area (Å²) >= 11 is 0. The minimum absolute atomic E-state index is 0.123. The number of rotatable bonds is 2. The number of benzene rings is 1. The first kappa shape index (κ1) is 11.7. The molecule has 2 aromatic rings. The molecule has 0 aliphatic heterocycles. The monoisotopic (exact) mass is 259 g/mol. The molecule has 1 aromatic heterocycles. The summed E-state index contributed by atoms with van der Waals surface area (Å²) in [5, 5.41) is 15.2. The Morgan fingerprint density at radius 2 is 2.26 bits per heavy atom. The zero-order chi connectivity index (χ0) is 13.2. The maximum atomic E-state index is 11.8. The normalized spacial score (nSPS) is 20.9. The number of oxazole rings is 1. The van der Waals surface area contributed by atoms with Crippen LogP contribution in [0.25, 0.3) is 0 Å². The summed E-state index contributed by atoms with van der Waals surface area (Å²) in [5.74, 6) is 0. The average molecular weight is 259 g/mol. The number of nitrogens with one attached hydrogen (secondary N) is 2. The van der Waals surface area contributed by atoms with Crippen LogP contribution < -0.4 is 10.6 Å². The first-order valence-corrected chi connectivity index (χ1v) is 5.97. The number of amides is 2. The van der Waals surface area contributed by atoms with E-state index < -0.39 is 18.2 Å². The number of anilines is 1. The number of aromatic nitrogens is 1. The summed E-state index contributed by atoms with van der Waals surface area (Å²) in [7, 11) is 0. The zero-order valence-electron chi connectivity index (χ0n) is 10.0. The molecule has 6 heteroatoms. The van der Waals surface area contributed by atoms with Crippen LogP contribution in [0.4, 0.5) is 10.8 Å². The zero-order valence-corrected chi connectivity index (χ0v) is 10.0. The molecule has 3 rings (SSSR count). The van der Waals surface area contributed by atoms with Gasteiger partial charge in [0.05, 0.1) is 18.3 Å². The number of aliphatic hydroxyl groups excluding tert-OH is 1. The standard InChI is InChI=1S/C13H13N3O3/c17-10-7-8-3-1-2-4-9(8)11(10)15-12(18)16-13-14-5-6-19-13/h1-6,10-11,17H,7H2,(H2,14,15,16,18)/t10-,11-/m0/s1. The minimum Gasteiger partial charge on any atom is -0.432 e. The van der Waals surface area contributed by atoms with Crippen molar-refractivity contribution in [2.75, 3.05) is 5.32 Å². The number of aliphatic hydroxyl groups is 1. The molecule has 1 aromatic carbocycles. The SMILES string of the molecule is O=C(Nc1ncco1)N[C@H]1c2ccccc2C[C@@H]1O. The van der Waals surface area contributed by atoms with E-state index in [1.807, 2.05) is 24.3 Å². The van der Waals surface area contributed by atoms with E-state index >= 15 is 0 Å². The van der Waals surface area contributed by atoms with E-state index in [4.69, 9.17) is 4.42 Å². The molecule has 98 valence electrons. The van der Waals surface area contributed by atoms with Gasteiger partial charge in [-0.3, -0.25) is 5.32 Å². The Morgan fingerprint density at radius 3 is 3.05 bits per heavy atom. The largest absolute Gasteiger partial charge is 0.432 e. The van der Waals surface area contributed by atoms with Crippen LogP contribution in [0, 0.1) is 0 Å². The van der Waals surface area contributed by atoms with Crippen LogP contribution in [-0.4, -0.2) is 22.2 Å². The van der Waals surface area contributed by atoms with Gasteiger partial charge in [0.15, 0.2) is 0 Å². The lowest BCUT2D eigenvalue weighted by molar-refractivity contribution is 0.144. The number of hydrogen-bond acceptors (Lipinski definition) is 4. The topological polar surface area (TPSA) is 87.4 Å². The van der Waals surface area contributed by atoms with Gasteiger partial charge in [0.25, 0.3) is 0 Å². The second-order valence-electron chi connectivity index (χ2n) is 4.38. The van der Waals surface area contributed by atoms with Gasteiger partial charge in [-0.05, 0) is 11.1 Å². The number of nitrogens with zero attached hydrogens (tertiary/aromatic N) is 1. The maximum Gasteiger partial charge on any atom is 0.323 e. The van der Waals surface area contributed by atoms with E-state index in [9.17, 15) is 9.90 Å². The van der Waals surface area contributed by atoms with Crippen molar-refractivity contribution in [3.05, 3.63) is 47.9 Å². The molecule has 6 nitrogen and oxygen atoms in total. The van der Waals surface area contributed by atoms with Crippen LogP contribution in [0.5, 0.6) is 0 Å². The van der Waals surface area contributed by atoms with E-state index in [-0.39, 0.29) is 6.01 Å². The Kier molecular flexibility index (Phi) is 2.92. The van der Waals surface area contributed by atoms with E-state index in [0.717, 1.165) is 11.1 Å². The van der Waals surface area contributed by atoms with Crippen LogP contribution in [0.2, 0.25) is 0 Å². The van der Waals surface area contributed by atoms with E-state index in [1.54, 1.807) is 0 Å². The molecule has 0 unspecified atom stereocenters. The van der Waals surface area contributed by atoms with Crippen molar-refractivity contribution in [3.63, 3.8) is 0 Å². The van der Waals surface area contributed by atoms with E-state index in [2.05, 4.69) is 15.6 Å². The molecule has 3 N–H and O–H groups in total. The smallest absolute Gasteiger partial charge is 0.323 e. The fourth-order valence-corrected chi connectivity index (χ4v) is 2.31. The highest BCUT2D eigenvalue weighted by molar-refractivity contribution is 5.87. The maximum absolute atomic E-state index is 11.8. The molecule has 0 saturated heterocycles. The molecular formula is C13H13N3O3. The van der Waals surface area contributed by atoms with Crippen molar-refractivity contribution >= 4 is 12.0 Å². The third-order valence-corrected chi connectivity index (χ3v) is 3.14. The van der Waals surface area contributed by atoms with Crippen LogP contribution in [-0.2, 0) is 6.42 Å². The Labute approximate surface area is 109 Å². The van der Waals surface area contributed by atoms with Crippen LogP contribution in [0.1, 0.15) is 17.2 Å². The van der Waals surface area contributed by atoms with Gasteiger partial charge in [0.2, 0.25) is 0 Å². The van der Waals surface area contributed by atoms with Crippen molar-refractivity contribution in [2.45, 2.75) is 18.6 Å². The van der Waals surface area contributed by atoms with Crippen LogP contribution in [0.3, 0.4) is 0 Å². The highest BCUT2D eigenvalue weighted by Crippen LogP contribution is 2.31. The fraction of sp³-hybridized carbons (Fsp3) is 0.231. The van der Waals surface area contributed by atoms with Gasteiger partial charge in [0, 0.05) is 6.42 Å². The summed E-state index contributed by atoms with van der Waals surface area (Å²) < 4.78 is 4.92. The average Bonchev–Trinajstić information content (AvgIpc) is 2.99. The van der Waals surface area contributed by atoms with Gasteiger partial charge in [-0.25, -0.2) is 9.78 Å². The molecule has 0 saturated carbocycles. The van der Waals surface area contributed by atoms with Gasteiger partial charge < -0.3 is 14.8 Å². The Hall–Kier alpha value is -2.34. The molecule has 1 aliphatic rings. The summed E-state index contributed by atoms with van der Waals surface area (Å²) in [5.41, 5.74) is 1.99. The molecule has 0 spiro atoms. The summed E-state index contributed by atoms with van der Waals surface area (Å²) in [6.45, 7) is 0. The third kappa shape index (κ3) is 2.30. The van der Waals surface area contributed by atoms with Gasteiger partial charge in [0.1, 0.15) is 6.26 Å². The summed E-state index contributed by atoms with van der Waals surface area (Å²) in [6.07, 6.45) is 2.73. The number of carbonyl (C=O) groups is 1.